The second-order valence-corrected chi connectivity index (χ2v) is 10.2. The number of carbonyl (C=O) groups is 4. The van der Waals surface area contributed by atoms with E-state index in [2.05, 4.69) is 28.1 Å². The molecule has 0 bridgehead atoms. The van der Waals surface area contributed by atoms with Crippen LogP contribution in [0.25, 0.3) is 0 Å². The molecule has 3 amide bonds. The molecule has 5 atom stereocenters. The lowest BCUT2D eigenvalue weighted by molar-refractivity contribution is -0.144. The molecule has 178 valence electrons. The Morgan fingerprint density at radius 3 is 2.45 bits per heavy atom. The maximum atomic E-state index is 13.4. The summed E-state index contributed by atoms with van der Waals surface area (Å²) < 4.78 is 0. The summed E-state index contributed by atoms with van der Waals surface area (Å²) in [5, 5.41) is 4.96. The topological polar surface area (TPSA) is 125 Å². The summed E-state index contributed by atoms with van der Waals surface area (Å²) in [5.74, 6) is -0.486. The third-order valence-electron chi connectivity index (χ3n) is 6.58. The number of nitrogens with zero attached hydrogens (tertiary/aromatic N) is 2. The first kappa shape index (κ1) is 26.0. The molecule has 2 fully saturated rings. The zero-order valence-electron chi connectivity index (χ0n) is 19.8. The highest BCUT2D eigenvalue weighted by atomic mass is 16.2. The van der Waals surface area contributed by atoms with Gasteiger partial charge < -0.3 is 15.5 Å². The first-order valence-electron chi connectivity index (χ1n) is 10.9. The van der Waals surface area contributed by atoms with E-state index in [-0.39, 0.29) is 30.2 Å². The predicted molar refractivity (Wildman–Crippen MR) is 121 cm³/mol. The lowest BCUT2D eigenvalue weighted by Gasteiger charge is -2.35. The molecule has 0 aromatic carbocycles. The maximum absolute atomic E-state index is 13.4. The molecule has 5 unspecified atom stereocenters. The molecule has 2 N–H and O–H groups in total. The molecule has 0 aromatic heterocycles. The fourth-order valence-electron chi connectivity index (χ4n) is 4.64. The van der Waals surface area contributed by atoms with Gasteiger partial charge in [-0.2, -0.15) is 4.99 Å². The van der Waals surface area contributed by atoms with Gasteiger partial charge in [-0.15, -0.1) is 18.9 Å². The largest absolute Gasteiger partial charge is 0.346 e. The van der Waals surface area contributed by atoms with Crippen molar-refractivity contribution in [1.29, 1.82) is 0 Å². The number of amides is 3. The van der Waals surface area contributed by atoms with Crippen LogP contribution in [0, 0.1) is 35.0 Å². The number of hydrogen-bond acceptors (Lipinski definition) is 6. The van der Waals surface area contributed by atoms with Crippen LogP contribution in [0.2, 0.25) is 0 Å². The molecule has 9 heteroatoms. The second-order valence-electron chi connectivity index (χ2n) is 10.2. The van der Waals surface area contributed by atoms with Gasteiger partial charge in [-0.3, -0.25) is 19.2 Å². The number of ketones is 1. The molecule has 0 spiro atoms. The Kier molecular flexibility index (Phi) is 7.66. The highest BCUT2D eigenvalue weighted by Crippen LogP contribution is 2.65. The summed E-state index contributed by atoms with van der Waals surface area (Å²) >= 11 is 0. The molecule has 1 aliphatic heterocycles. The first-order chi connectivity index (χ1) is 15.3. The van der Waals surface area contributed by atoms with Crippen molar-refractivity contribution < 1.29 is 24.0 Å². The maximum Gasteiger partial charge on any atom is 0.289 e. The van der Waals surface area contributed by atoms with E-state index in [0.717, 1.165) is 0 Å². The number of Topliss-reactive ketones (excluding diaryl/α,β-unsaturated/α-hetero) is 1. The average molecular weight is 457 g/mol. The number of isocyanates is 1. The Morgan fingerprint density at radius 2 is 1.94 bits per heavy atom. The molecule has 0 radical (unpaired) electrons. The van der Waals surface area contributed by atoms with Crippen molar-refractivity contribution in [3.05, 3.63) is 12.7 Å². The Bertz CT molecular complexity index is 935. The zero-order valence-corrected chi connectivity index (χ0v) is 19.8. The second kappa shape index (κ2) is 9.72. The Labute approximate surface area is 194 Å². The number of carbonyl (C=O) groups excluding carboxylic acids is 5. The first-order valence-corrected chi connectivity index (χ1v) is 10.9. The van der Waals surface area contributed by atoms with Crippen molar-refractivity contribution in [3.8, 4) is 12.3 Å². The van der Waals surface area contributed by atoms with Crippen molar-refractivity contribution in [2.75, 3.05) is 13.1 Å². The number of aliphatic imine (C=N–C) groups is 1. The van der Waals surface area contributed by atoms with E-state index in [0.29, 0.717) is 6.54 Å². The summed E-state index contributed by atoms with van der Waals surface area (Å²) in [6.45, 7) is 13.3. The van der Waals surface area contributed by atoms with Gasteiger partial charge in [0.15, 0.2) is 0 Å². The Morgan fingerprint density at radius 1 is 1.30 bits per heavy atom. The highest BCUT2D eigenvalue weighted by Gasteiger charge is 2.69. The van der Waals surface area contributed by atoms with Crippen molar-refractivity contribution in [1.82, 2.24) is 15.5 Å². The van der Waals surface area contributed by atoms with Gasteiger partial charge in [0.2, 0.25) is 23.7 Å². The third kappa shape index (κ3) is 5.23. The van der Waals surface area contributed by atoms with E-state index < -0.39 is 47.0 Å². The average Bonchev–Trinajstić information content (AvgIpc) is 3.08. The van der Waals surface area contributed by atoms with Gasteiger partial charge in [0.1, 0.15) is 18.1 Å². The molecule has 2 aliphatic rings. The summed E-state index contributed by atoms with van der Waals surface area (Å²) in [7, 11) is 0. The molecule has 9 nitrogen and oxygen atoms in total. The Hall–Kier alpha value is -3.24. The quantitative estimate of drug-likeness (QED) is 0.173. The van der Waals surface area contributed by atoms with E-state index in [1.54, 1.807) is 20.8 Å². The van der Waals surface area contributed by atoms with Gasteiger partial charge in [0.05, 0.1) is 0 Å². The van der Waals surface area contributed by atoms with Crippen molar-refractivity contribution >= 4 is 29.6 Å². The minimum Gasteiger partial charge on any atom is -0.346 e. The van der Waals surface area contributed by atoms with Crippen LogP contribution >= 0.6 is 0 Å². The smallest absolute Gasteiger partial charge is 0.289 e. The highest BCUT2D eigenvalue weighted by molar-refractivity contribution is 6.38. The van der Waals surface area contributed by atoms with E-state index in [4.69, 9.17) is 6.42 Å². The van der Waals surface area contributed by atoms with Gasteiger partial charge in [-0.1, -0.05) is 40.7 Å². The van der Waals surface area contributed by atoms with E-state index >= 15 is 0 Å². The van der Waals surface area contributed by atoms with Gasteiger partial charge in [0.25, 0.3) is 5.91 Å². The standard InChI is InChI=1S/C24H32N4O5/c1-8-10-15(18(30)21(32)25-11-9-2)27-20(31)17-16-14(24(16,6)7)12-28(17)22(33)19(26-13-29)23(3,4)5/h1,9,14-17,19H,2,10-12H2,3-7H3,(H,25,32)(H,27,31). The van der Waals surface area contributed by atoms with Crippen molar-refractivity contribution in [3.63, 3.8) is 0 Å². The number of terminal acetylenes is 1. The van der Waals surface area contributed by atoms with Crippen LogP contribution < -0.4 is 10.6 Å². The lowest BCUT2D eigenvalue weighted by atomic mass is 9.85. The minimum atomic E-state index is -1.23. The summed E-state index contributed by atoms with van der Waals surface area (Å²) in [4.78, 5) is 67.5. The van der Waals surface area contributed by atoms with Crippen LogP contribution in [0.4, 0.5) is 0 Å². The van der Waals surface area contributed by atoms with Crippen LogP contribution in [0.1, 0.15) is 41.0 Å². The fraction of sp³-hybridized carbons (Fsp3) is 0.625. The number of fused-ring (bicyclic) bond motifs is 1. The summed E-state index contributed by atoms with van der Waals surface area (Å²) in [5.41, 5.74) is -0.833. The van der Waals surface area contributed by atoms with E-state index in [9.17, 15) is 24.0 Å². The van der Waals surface area contributed by atoms with Crippen molar-refractivity contribution in [2.45, 2.75) is 59.2 Å². The molecule has 1 heterocycles. The number of rotatable bonds is 9. The van der Waals surface area contributed by atoms with Gasteiger partial charge >= 0.3 is 0 Å². The molecular formula is C24H32N4O5. The van der Waals surface area contributed by atoms with Gasteiger partial charge in [-0.25, -0.2) is 4.79 Å². The molecule has 1 aliphatic carbocycles. The zero-order chi connectivity index (χ0) is 25.1. The number of nitrogens with one attached hydrogen (secondary N) is 2. The van der Waals surface area contributed by atoms with Crippen LogP contribution in [0.5, 0.6) is 0 Å². The molecule has 0 aromatic rings. The van der Waals surface area contributed by atoms with Crippen LogP contribution in [0.15, 0.2) is 17.6 Å². The molecule has 33 heavy (non-hydrogen) atoms. The SMILES string of the molecule is C#CCC(NC(=O)C1C2C(CN1C(=O)C(N=C=O)C(C)(C)C)C2(C)C)C(=O)C(=O)NCC=C. The van der Waals surface area contributed by atoms with Gasteiger partial charge in [-0.05, 0) is 22.7 Å². The van der Waals surface area contributed by atoms with Crippen LogP contribution in [-0.4, -0.2) is 65.7 Å². The van der Waals surface area contributed by atoms with Crippen molar-refractivity contribution in [2.24, 2.45) is 27.7 Å². The fourth-order valence-corrected chi connectivity index (χ4v) is 4.64. The minimum absolute atomic E-state index is 0.0928. The summed E-state index contributed by atoms with van der Waals surface area (Å²) in [6, 6.07) is -3.09. The van der Waals surface area contributed by atoms with Crippen LogP contribution in [0.3, 0.4) is 0 Å². The van der Waals surface area contributed by atoms with Crippen LogP contribution in [-0.2, 0) is 24.0 Å². The molecule has 1 saturated carbocycles. The Balaban J connectivity index is 2.30. The summed E-state index contributed by atoms with van der Waals surface area (Å²) in [6.07, 6.45) is 8.07. The molecule has 1 saturated heterocycles. The predicted octanol–water partition coefficient (Wildman–Crippen LogP) is 0.599. The normalized spacial score (nSPS) is 24.2. The van der Waals surface area contributed by atoms with E-state index in [1.165, 1.54) is 17.1 Å². The van der Waals surface area contributed by atoms with Gasteiger partial charge in [0, 0.05) is 19.5 Å². The number of piperidine rings is 1. The third-order valence-corrected chi connectivity index (χ3v) is 6.58. The molecule has 2 rings (SSSR count). The number of hydrogen-bond donors (Lipinski definition) is 2. The number of likely N-dealkylation sites (tertiary alicyclic amines) is 1. The molecular weight excluding hydrogens is 424 g/mol. The van der Waals surface area contributed by atoms with E-state index in [1.807, 2.05) is 13.8 Å². The monoisotopic (exact) mass is 456 g/mol. The lowest BCUT2D eigenvalue weighted by Crippen LogP contribution is -2.57.